The lowest BCUT2D eigenvalue weighted by molar-refractivity contribution is -0.113. The lowest BCUT2D eigenvalue weighted by atomic mass is 10.5. The lowest BCUT2D eigenvalue weighted by Gasteiger charge is -2.02. The molecule has 0 spiro atoms. The summed E-state index contributed by atoms with van der Waals surface area (Å²) in [6.45, 7) is 4.83. The third kappa shape index (κ3) is 3.28. The van der Waals surface area contributed by atoms with Crippen molar-refractivity contribution in [2.75, 3.05) is 24.6 Å². The molecule has 4 nitrogen and oxygen atoms in total. The first kappa shape index (κ1) is 10.4. The number of amides is 1. The third-order valence-electron chi connectivity index (χ3n) is 1.85. The molecule has 5 heteroatoms. The van der Waals surface area contributed by atoms with Crippen molar-refractivity contribution in [3.8, 4) is 0 Å². The summed E-state index contributed by atoms with van der Waals surface area (Å²) in [7, 11) is -2.30. The van der Waals surface area contributed by atoms with E-state index in [1.165, 1.54) is 0 Å². The van der Waals surface area contributed by atoms with Gasteiger partial charge in [0.15, 0.2) is 0 Å². The zero-order valence-corrected chi connectivity index (χ0v) is 8.31. The second kappa shape index (κ2) is 4.53. The van der Waals surface area contributed by atoms with E-state index < -0.39 is 15.6 Å². The van der Waals surface area contributed by atoms with Crippen LogP contribution in [0.1, 0.15) is 6.42 Å². The molecule has 13 heavy (non-hydrogen) atoms. The SMILES string of the molecule is C=CC(=O)N=S1(=O)CCCNCC1. The number of carbonyl (C=O) groups excluding carboxylic acids is 1. The summed E-state index contributed by atoms with van der Waals surface area (Å²) in [5, 5.41) is 3.12. The Morgan fingerprint density at radius 3 is 2.92 bits per heavy atom. The molecule has 0 aromatic heterocycles. The Morgan fingerprint density at radius 2 is 2.23 bits per heavy atom. The molecule has 1 fully saturated rings. The fraction of sp³-hybridized carbons (Fsp3) is 0.625. The van der Waals surface area contributed by atoms with Crippen molar-refractivity contribution in [1.82, 2.24) is 5.32 Å². The zero-order chi connectivity index (χ0) is 9.73. The van der Waals surface area contributed by atoms with Gasteiger partial charge in [0.2, 0.25) is 0 Å². The summed E-state index contributed by atoms with van der Waals surface area (Å²) in [5.74, 6) is 0.513. The van der Waals surface area contributed by atoms with Gasteiger partial charge < -0.3 is 5.32 Å². The van der Waals surface area contributed by atoms with Gasteiger partial charge in [0.05, 0.1) is 9.73 Å². The fourth-order valence-electron chi connectivity index (χ4n) is 1.17. The van der Waals surface area contributed by atoms with E-state index in [2.05, 4.69) is 16.3 Å². The summed E-state index contributed by atoms with van der Waals surface area (Å²) in [5.41, 5.74) is 0. The highest BCUT2D eigenvalue weighted by Crippen LogP contribution is 2.02. The topological polar surface area (TPSA) is 58.5 Å². The van der Waals surface area contributed by atoms with E-state index in [0.29, 0.717) is 18.1 Å². The number of nitrogens with one attached hydrogen (secondary N) is 1. The molecule has 0 bridgehead atoms. The minimum Gasteiger partial charge on any atom is -0.316 e. The van der Waals surface area contributed by atoms with E-state index >= 15 is 0 Å². The molecule has 1 aliphatic rings. The fourth-order valence-corrected chi connectivity index (χ4v) is 3.02. The molecule has 1 rings (SSSR count). The van der Waals surface area contributed by atoms with Gasteiger partial charge in [-0.3, -0.25) is 4.79 Å². The van der Waals surface area contributed by atoms with Gasteiger partial charge in [0.1, 0.15) is 0 Å². The molecule has 1 heterocycles. The van der Waals surface area contributed by atoms with Gasteiger partial charge in [0, 0.05) is 18.1 Å². The molecule has 1 saturated heterocycles. The minimum atomic E-state index is -2.30. The van der Waals surface area contributed by atoms with Gasteiger partial charge in [-0.15, -0.1) is 0 Å². The highest BCUT2D eigenvalue weighted by molar-refractivity contribution is 7.93. The van der Waals surface area contributed by atoms with Crippen molar-refractivity contribution in [3.05, 3.63) is 12.7 Å². The molecule has 0 radical (unpaired) electrons. The summed E-state index contributed by atoms with van der Waals surface area (Å²) in [6.07, 6.45) is 1.91. The van der Waals surface area contributed by atoms with E-state index in [0.717, 1.165) is 19.0 Å². The van der Waals surface area contributed by atoms with E-state index in [1.807, 2.05) is 0 Å². The van der Waals surface area contributed by atoms with Crippen LogP contribution >= 0.6 is 0 Å². The molecule has 1 atom stereocenters. The van der Waals surface area contributed by atoms with Crippen LogP contribution in [0.5, 0.6) is 0 Å². The molecule has 0 aromatic carbocycles. The molecule has 1 N–H and O–H groups in total. The largest absolute Gasteiger partial charge is 0.316 e. The molecule has 1 aliphatic heterocycles. The Morgan fingerprint density at radius 1 is 1.46 bits per heavy atom. The van der Waals surface area contributed by atoms with Crippen LogP contribution < -0.4 is 5.32 Å². The molecule has 0 aliphatic carbocycles. The van der Waals surface area contributed by atoms with E-state index in [1.54, 1.807) is 0 Å². The number of rotatable bonds is 1. The summed E-state index contributed by atoms with van der Waals surface area (Å²) >= 11 is 0. The predicted molar refractivity (Wildman–Crippen MR) is 53.0 cm³/mol. The van der Waals surface area contributed by atoms with Crippen molar-refractivity contribution < 1.29 is 9.00 Å². The molecule has 1 amide bonds. The quantitative estimate of drug-likeness (QED) is 0.616. The Balaban J connectivity index is 2.83. The number of hydrogen-bond acceptors (Lipinski definition) is 3. The Kier molecular flexibility index (Phi) is 3.62. The smallest absolute Gasteiger partial charge is 0.277 e. The summed E-state index contributed by atoms with van der Waals surface area (Å²) < 4.78 is 15.6. The summed E-state index contributed by atoms with van der Waals surface area (Å²) in [4.78, 5) is 10.9. The maximum absolute atomic E-state index is 11.9. The number of nitrogens with zero attached hydrogens (tertiary/aromatic N) is 1. The molecular weight excluding hydrogens is 188 g/mol. The van der Waals surface area contributed by atoms with Crippen LogP contribution in [-0.4, -0.2) is 34.7 Å². The third-order valence-corrected chi connectivity index (χ3v) is 4.13. The van der Waals surface area contributed by atoms with Gasteiger partial charge >= 0.3 is 0 Å². The first-order valence-electron chi connectivity index (χ1n) is 4.26. The maximum Gasteiger partial charge on any atom is 0.277 e. The second-order valence-corrected chi connectivity index (χ2v) is 5.46. The van der Waals surface area contributed by atoms with Crippen LogP contribution in [0.15, 0.2) is 17.0 Å². The van der Waals surface area contributed by atoms with E-state index in [4.69, 9.17) is 0 Å². The van der Waals surface area contributed by atoms with Crippen molar-refractivity contribution >= 4 is 15.6 Å². The van der Waals surface area contributed by atoms with Crippen LogP contribution in [0, 0.1) is 0 Å². The van der Waals surface area contributed by atoms with Crippen LogP contribution in [0.4, 0.5) is 0 Å². The Hall–Kier alpha value is -0.680. The zero-order valence-electron chi connectivity index (χ0n) is 7.49. The lowest BCUT2D eigenvalue weighted by Crippen LogP contribution is -2.19. The van der Waals surface area contributed by atoms with Gasteiger partial charge in [0.25, 0.3) is 5.91 Å². The number of carbonyl (C=O) groups is 1. The number of hydrogen-bond donors (Lipinski definition) is 1. The molecule has 1 unspecified atom stereocenters. The van der Waals surface area contributed by atoms with Crippen LogP contribution in [-0.2, 0) is 14.5 Å². The van der Waals surface area contributed by atoms with Crippen LogP contribution in [0.2, 0.25) is 0 Å². The predicted octanol–water partition coefficient (Wildman–Crippen LogP) is 0.160. The first-order chi connectivity index (χ1) is 6.16. The highest BCUT2D eigenvalue weighted by atomic mass is 32.2. The van der Waals surface area contributed by atoms with Crippen molar-refractivity contribution in [3.63, 3.8) is 0 Å². The van der Waals surface area contributed by atoms with E-state index in [9.17, 15) is 9.00 Å². The first-order valence-corrected chi connectivity index (χ1v) is 6.11. The summed E-state index contributed by atoms with van der Waals surface area (Å²) in [6, 6.07) is 0. The van der Waals surface area contributed by atoms with Crippen molar-refractivity contribution in [1.29, 1.82) is 0 Å². The standard InChI is InChI=1S/C8H14N2O2S/c1-2-8(11)10-13(12)6-3-4-9-5-7-13/h2,9H,1,3-7H2. The van der Waals surface area contributed by atoms with Gasteiger partial charge in [-0.05, 0) is 19.0 Å². The normalized spacial score (nSPS) is 28.9. The minimum absolute atomic E-state index is 0.465. The van der Waals surface area contributed by atoms with Gasteiger partial charge in [-0.25, -0.2) is 4.21 Å². The van der Waals surface area contributed by atoms with Crippen LogP contribution in [0.3, 0.4) is 0 Å². The molecule has 74 valence electrons. The van der Waals surface area contributed by atoms with E-state index in [-0.39, 0.29) is 0 Å². The highest BCUT2D eigenvalue weighted by Gasteiger charge is 2.13. The van der Waals surface area contributed by atoms with Crippen molar-refractivity contribution in [2.45, 2.75) is 6.42 Å². The Bertz CT molecular complexity index is 302. The second-order valence-electron chi connectivity index (χ2n) is 2.92. The maximum atomic E-state index is 11.9. The monoisotopic (exact) mass is 202 g/mol. The average Bonchev–Trinajstić information content (AvgIpc) is 2.30. The van der Waals surface area contributed by atoms with Gasteiger partial charge in [-0.1, -0.05) is 6.58 Å². The average molecular weight is 202 g/mol. The Labute approximate surface area is 78.6 Å². The van der Waals surface area contributed by atoms with Crippen molar-refractivity contribution in [2.24, 2.45) is 4.36 Å². The van der Waals surface area contributed by atoms with Gasteiger partial charge in [-0.2, -0.15) is 4.36 Å². The molecule has 0 aromatic rings. The molecule has 0 saturated carbocycles. The van der Waals surface area contributed by atoms with Crippen LogP contribution in [0.25, 0.3) is 0 Å². The molecular formula is C8H14N2O2S.